The van der Waals surface area contributed by atoms with Crippen LogP contribution >= 0.6 is 0 Å². The van der Waals surface area contributed by atoms with Crippen molar-refractivity contribution < 1.29 is 59.0 Å². The summed E-state index contributed by atoms with van der Waals surface area (Å²) in [7, 11) is 0. The number of H-pyrrole nitrogens is 1. The molecule has 5 heterocycles. The molecule has 0 spiro atoms. The van der Waals surface area contributed by atoms with Crippen LogP contribution in [0.15, 0.2) is 81.2 Å². The number of carbonyl (C=O) groups is 5. The minimum Gasteiger partial charge on any atom is -0.481 e. The molecular weight excluding hydrogens is 716 g/mol. The van der Waals surface area contributed by atoms with Crippen LogP contribution in [-0.2, 0) is 46.3 Å². The number of nitrogens with one attached hydrogen (secondary N) is 3. The second-order valence-corrected chi connectivity index (χ2v) is 13.6. The zero-order chi connectivity index (χ0) is 40.5. The number of aromatic amines is 1. The van der Waals surface area contributed by atoms with Gasteiger partial charge in [0.05, 0.1) is 17.5 Å². The molecule has 1 fully saturated rings. The van der Waals surface area contributed by atoms with Crippen molar-refractivity contribution in [3.8, 4) is 0 Å². The van der Waals surface area contributed by atoms with Gasteiger partial charge in [0.25, 0.3) is 11.8 Å². The Morgan fingerprint density at radius 3 is 2.13 bits per heavy atom. The van der Waals surface area contributed by atoms with Gasteiger partial charge in [0.15, 0.2) is 6.10 Å². The molecule has 2 amide bonds. The van der Waals surface area contributed by atoms with E-state index in [-0.39, 0.29) is 43.9 Å². The molecule has 0 radical (unpaired) electrons. The largest absolute Gasteiger partial charge is 0.481 e. The van der Waals surface area contributed by atoms with E-state index in [4.69, 9.17) is 14.5 Å². The van der Waals surface area contributed by atoms with E-state index < -0.39 is 54.7 Å². The summed E-state index contributed by atoms with van der Waals surface area (Å²) in [6, 6.07) is -0.542. The van der Waals surface area contributed by atoms with Crippen molar-refractivity contribution in [3.05, 3.63) is 98.7 Å². The van der Waals surface area contributed by atoms with Gasteiger partial charge in [-0.3, -0.25) is 24.2 Å². The fourth-order valence-corrected chi connectivity index (χ4v) is 7.06. The Hall–Kier alpha value is -5.68. The van der Waals surface area contributed by atoms with Crippen molar-refractivity contribution in [2.24, 2.45) is 4.99 Å². The Morgan fingerprint density at radius 2 is 1.51 bits per heavy atom. The van der Waals surface area contributed by atoms with Crippen LogP contribution in [0.25, 0.3) is 6.08 Å². The van der Waals surface area contributed by atoms with Gasteiger partial charge in [-0.2, -0.15) is 0 Å². The average Bonchev–Trinajstić information content (AvgIpc) is 3.78. The van der Waals surface area contributed by atoms with E-state index in [1.165, 1.54) is 6.08 Å². The number of aliphatic imine (C=N–C) groups is 1. The number of hydrogen-bond acceptors (Lipinski definition) is 11. The molecule has 0 aromatic carbocycles. The summed E-state index contributed by atoms with van der Waals surface area (Å²) in [6.07, 6.45) is -3.08. The topological polar surface area (TPSA) is 257 Å². The SMILES string of the molecule is C=CC1=C(C)/C(=C\C2=N[C@H](Cc3[nH]c(/C=C4/NC(=O)C(C)=C4C=C)c(C)c3CCC(=O)O[C@H]3O[C@@H](C(=O)O)[C@H](O)[C@@H](O)[C@H]3O)C(CCC(=O)O)=C2C)NC1=O. The standard InChI is InChI=1S/C39H44N4O12/c1-7-20-19(6)36(50)43-27(20)14-25-18(5)23(10-12-31(46)54-39-34(49)32(47)33(48)35(55-39)38(52)53)29(41-25)15-28-22(9-11-30(44)45)17(4)24(40-28)13-26-16(3)21(8-2)37(51)42-26/h7-8,13-14,28,32-35,39,41,47-49H,1-2,9-12,15H2,3-6H3,(H,42,51)(H,43,50)(H,44,45)(H,52,53)/b26-13+,27-14+/t28-,32-,33-,34-,35-,39+/m1/s1. The molecule has 1 saturated heterocycles. The Kier molecular flexibility index (Phi) is 12.0. The number of rotatable bonds is 14. The molecular formula is C39H44N4O12. The van der Waals surface area contributed by atoms with E-state index >= 15 is 0 Å². The Bertz CT molecular complexity index is 2060. The second-order valence-electron chi connectivity index (χ2n) is 13.6. The molecule has 0 aliphatic carbocycles. The van der Waals surface area contributed by atoms with Crippen LogP contribution in [0.1, 0.15) is 62.5 Å². The number of aliphatic hydroxyl groups excluding tert-OH is 3. The summed E-state index contributed by atoms with van der Waals surface area (Å²) in [4.78, 5) is 69.7. The number of aromatic nitrogens is 1. The molecule has 4 aliphatic rings. The van der Waals surface area contributed by atoms with E-state index in [0.717, 1.165) is 11.1 Å². The normalized spacial score (nSPS) is 26.9. The average molecular weight is 761 g/mol. The van der Waals surface area contributed by atoms with Crippen molar-refractivity contribution >= 4 is 41.5 Å². The molecule has 16 nitrogen and oxygen atoms in total. The van der Waals surface area contributed by atoms with Crippen LogP contribution in [0.5, 0.6) is 0 Å². The van der Waals surface area contributed by atoms with Gasteiger partial charge in [-0.1, -0.05) is 25.3 Å². The third-order valence-electron chi connectivity index (χ3n) is 10.3. The van der Waals surface area contributed by atoms with Crippen molar-refractivity contribution in [3.63, 3.8) is 0 Å². The molecule has 8 N–H and O–H groups in total. The van der Waals surface area contributed by atoms with Gasteiger partial charge < -0.3 is 50.6 Å². The van der Waals surface area contributed by atoms with Gasteiger partial charge in [-0.15, -0.1) is 0 Å². The van der Waals surface area contributed by atoms with Crippen LogP contribution < -0.4 is 10.6 Å². The maximum atomic E-state index is 13.1. The quantitative estimate of drug-likeness (QED) is 0.126. The summed E-state index contributed by atoms with van der Waals surface area (Å²) in [6.45, 7) is 14.6. The van der Waals surface area contributed by atoms with Gasteiger partial charge in [0.2, 0.25) is 6.29 Å². The van der Waals surface area contributed by atoms with Crippen LogP contribution in [0.2, 0.25) is 0 Å². The lowest BCUT2D eigenvalue weighted by molar-refractivity contribution is -0.286. The van der Waals surface area contributed by atoms with Gasteiger partial charge in [-0.25, -0.2) is 4.79 Å². The third-order valence-corrected chi connectivity index (χ3v) is 10.3. The van der Waals surface area contributed by atoms with E-state index in [1.54, 1.807) is 32.1 Å². The van der Waals surface area contributed by atoms with Crippen LogP contribution in [0, 0.1) is 6.92 Å². The van der Waals surface area contributed by atoms with E-state index in [0.29, 0.717) is 61.9 Å². The number of carboxylic acid groups (broad SMARTS) is 2. The first-order chi connectivity index (χ1) is 26.0. The lowest BCUT2D eigenvalue weighted by Crippen LogP contribution is -2.60. The molecule has 292 valence electrons. The second kappa shape index (κ2) is 16.4. The van der Waals surface area contributed by atoms with E-state index in [9.17, 15) is 49.5 Å². The minimum absolute atomic E-state index is 0.0619. The van der Waals surface area contributed by atoms with Crippen molar-refractivity contribution in [2.45, 2.75) is 96.5 Å². The molecule has 0 bridgehead atoms. The molecule has 6 atom stereocenters. The lowest BCUT2D eigenvalue weighted by Gasteiger charge is -2.37. The number of esters is 1. The van der Waals surface area contributed by atoms with Gasteiger partial charge in [-0.05, 0) is 80.5 Å². The third kappa shape index (κ3) is 8.22. The first-order valence-corrected chi connectivity index (χ1v) is 17.5. The molecule has 4 aliphatic heterocycles. The van der Waals surface area contributed by atoms with Crippen LogP contribution in [0.3, 0.4) is 0 Å². The number of carboxylic acids is 2. The number of carbonyl (C=O) groups excluding carboxylic acids is 3. The van der Waals surface area contributed by atoms with Crippen LogP contribution in [-0.4, -0.2) is 103 Å². The summed E-state index contributed by atoms with van der Waals surface area (Å²) < 4.78 is 10.3. The summed E-state index contributed by atoms with van der Waals surface area (Å²) in [5.74, 6) is -4.09. The van der Waals surface area contributed by atoms with Gasteiger partial charge in [0.1, 0.15) is 18.3 Å². The molecule has 16 heteroatoms. The lowest BCUT2D eigenvalue weighted by atomic mass is 9.93. The Balaban J connectivity index is 1.49. The Morgan fingerprint density at radius 1 is 0.836 bits per heavy atom. The fraction of sp³-hybridized carbons (Fsp3) is 0.385. The number of aliphatic carboxylic acids is 2. The van der Waals surface area contributed by atoms with Gasteiger partial charge >= 0.3 is 17.9 Å². The Labute approximate surface area is 316 Å². The van der Waals surface area contributed by atoms with Crippen molar-refractivity contribution in [1.29, 1.82) is 0 Å². The number of hydrogen-bond donors (Lipinski definition) is 8. The molecule has 1 aromatic rings. The van der Waals surface area contributed by atoms with Crippen molar-refractivity contribution in [2.75, 3.05) is 0 Å². The predicted molar refractivity (Wildman–Crippen MR) is 197 cm³/mol. The number of allylic oxidation sites excluding steroid dienone is 4. The number of nitrogens with zero attached hydrogens (tertiary/aromatic N) is 1. The van der Waals surface area contributed by atoms with E-state index in [2.05, 4.69) is 28.8 Å². The fourth-order valence-electron chi connectivity index (χ4n) is 7.06. The molecule has 1 aromatic heterocycles. The minimum atomic E-state index is -1.96. The summed E-state index contributed by atoms with van der Waals surface area (Å²) >= 11 is 0. The molecule has 5 rings (SSSR count). The highest BCUT2D eigenvalue weighted by molar-refractivity contribution is 6.13. The highest BCUT2D eigenvalue weighted by atomic mass is 16.7. The highest BCUT2D eigenvalue weighted by Gasteiger charge is 2.48. The number of aliphatic hydroxyl groups is 3. The maximum Gasteiger partial charge on any atom is 0.335 e. The van der Waals surface area contributed by atoms with Crippen molar-refractivity contribution in [1.82, 2.24) is 15.6 Å². The summed E-state index contributed by atoms with van der Waals surface area (Å²) in [5.41, 5.74) is 7.97. The number of amides is 2. The first-order valence-electron chi connectivity index (χ1n) is 17.5. The van der Waals surface area contributed by atoms with Crippen LogP contribution in [0.4, 0.5) is 0 Å². The summed E-state index contributed by atoms with van der Waals surface area (Å²) in [5, 5.41) is 55.1. The maximum absolute atomic E-state index is 13.1. The monoisotopic (exact) mass is 760 g/mol. The zero-order valence-corrected chi connectivity index (χ0v) is 30.8. The highest BCUT2D eigenvalue weighted by Crippen LogP contribution is 2.34. The van der Waals surface area contributed by atoms with E-state index in [1.807, 2.05) is 13.8 Å². The molecule has 55 heavy (non-hydrogen) atoms. The number of ether oxygens (including phenoxy) is 2. The molecule has 0 saturated carbocycles. The molecule has 0 unspecified atom stereocenters. The van der Waals surface area contributed by atoms with Gasteiger partial charge in [0, 0.05) is 53.1 Å². The zero-order valence-electron chi connectivity index (χ0n) is 30.8. The smallest absolute Gasteiger partial charge is 0.335 e. The first kappa shape index (κ1) is 40.5. The predicted octanol–water partition coefficient (Wildman–Crippen LogP) is 1.73.